The lowest BCUT2D eigenvalue weighted by molar-refractivity contribution is 0.0951. The Hall–Kier alpha value is -2.26. The molecule has 0 atom stereocenters. The Morgan fingerprint density at radius 3 is 2.85 bits per heavy atom. The maximum Gasteiger partial charge on any atom is 0.251 e. The highest BCUT2D eigenvalue weighted by molar-refractivity contribution is 6.31. The number of amides is 1. The molecule has 0 spiro atoms. The van der Waals surface area contributed by atoms with Crippen molar-refractivity contribution in [3.8, 4) is 0 Å². The third-order valence-corrected chi connectivity index (χ3v) is 3.58. The van der Waals surface area contributed by atoms with Crippen LogP contribution in [-0.4, -0.2) is 10.9 Å². The molecule has 1 amide bonds. The lowest BCUT2D eigenvalue weighted by Crippen LogP contribution is -2.22. The van der Waals surface area contributed by atoms with E-state index in [1.807, 2.05) is 48.7 Å². The van der Waals surface area contributed by atoms with Crippen LogP contribution in [0, 0.1) is 0 Å². The first-order valence-electron chi connectivity index (χ1n) is 6.33. The Morgan fingerprint density at radius 1 is 1.15 bits per heavy atom. The van der Waals surface area contributed by atoms with Gasteiger partial charge in [0, 0.05) is 34.2 Å². The molecular formula is C16H13ClN2O. The maximum absolute atomic E-state index is 12.1. The minimum Gasteiger partial charge on any atom is -0.361 e. The first-order chi connectivity index (χ1) is 9.74. The number of hydrogen-bond acceptors (Lipinski definition) is 1. The molecule has 0 bridgehead atoms. The molecule has 1 aromatic heterocycles. The van der Waals surface area contributed by atoms with Crippen LogP contribution in [0.5, 0.6) is 0 Å². The van der Waals surface area contributed by atoms with Crippen molar-refractivity contribution in [2.24, 2.45) is 0 Å². The van der Waals surface area contributed by atoms with Gasteiger partial charge in [-0.25, -0.2) is 0 Å². The second-order valence-corrected chi connectivity index (χ2v) is 4.96. The van der Waals surface area contributed by atoms with Gasteiger partial charge in [-0.3, -0.25) is 4.79 Å². The number of aromatic nitrogens is 1. The number of halogens is 1. The Kier molecular flexibility index (Phi) is 3.44. The predicted molar refractivity (Wildman–Crippen MR) is 80.9 cm³/mol. The number of nitrogens with one attached hydrogen (secondary N) is 2. The molecule has 3 nitrogen and oxygen atoms in total. The van der Waals surface area contributed by atoms with Crippen LogP contribution in [0.15, 0.2) is 54.7 Å². The number of aromatic amines is 1. The van der Waals surface area contributed by atoms with Crippen molar-refractivity contribution in [2.45, 2.75) is 6.54 Å². The normalized spacial score (nSPS) is 10.7. The molecule has 4 heteroatoms. The van der Waals surface area contributed by atoms with Crippen LogP contribution in [0.3, 0.4) is 0 Å². The van der Waals surface area contributed by atoms with Gasteiger partial charge in [0.15, 0.2) is 0 Å². The lowest BCUT2D eigenvalue weighted by atomic mass is 10.1. The fraction of sp³-hybridized carbons (Fsp3) is 0.0625. The topological polar surface area (TPSA) is 44.9 Å². The molecule has 20 heavy (non-hydrogen) atoms. The third-order valence-electron chi connectivity index (χ3n) is 3.21. The van der Waals surface area contributed by atoms with E-state index < -0.39 is 0 Å². The van der Waals surface area contributed by atoms with Gasteiger partial charge in [0.2, 0.25) is 0 Å². The first-order valence-corrected chi connectivity index (χ1v) is 6.70. The second kappa shape index (κ2) is 5.39. The predicted octanol–water partition coefficient (Wildman–Crippen LogP) is 3.75. The number of hydrogen-bond donors (Lipinski definition) is 2. The SMILES string of the molecule is O=C(NCc1ccccc1Cl)c1ccc2[nH]ccc2c1. The van der Waals surface area contributed by atoms with E-state index in [4.69, 9.17) is 11.6 Å². The second-order valence-electron chi connectivity index (χ2n) is 4.55. The van der Waals surface area contributed by atoms with Gasteiger partial charge in [-0.2, -0.15) is 0 Å². The van der Waals surface area contributed by atoms with E-state index in [-0.39, 0.29) is 5.91 Å². The lowest BCUT2D eigenvalue weighted by Gasteiger charge is -2.07. The Morgan fingerprint density at radius 2 is 2.00 bits per heavy atom. The molecule has 2 N–H and O–H groups in total. The first kappa shape index (κ1) is 12.8. The van der Waals surface area contributed by atoms with E-state index in [0.29, 0.717) is 17.1 Å². The standard InChI is InChI=1S/C16H13ClN2O/c17-14-4-2-1-3-13(14)10-19-16(20)12-5-6-15-11(9-12)7-8-18-15/h1-9,18H,10H2,(H,19,20). The molecule has 0 saturated carbocycles. The monoisotopic (exact) mass is 284 g/mol. The zero-order chi connectivity index (χ0) is 13.9. The van der Waals surface area contributed by atoms with E-state index >= 15 is 0 Å². The molecule has 100 valence electrons. The molecule has 0 aliphatic heterocycles. The van der Waals surface area contributed by atoms with Crippen molar-refractivity contribution < 1.29 is 4.79 Å². The molecular weight excluding hydrogens is 272 g/mol. The van der Waals surface area contributed by atoms with Gasteiger partial charge in [-0.15, -0.1) is 0 Å². The van der Waals surface area contributed by atoms with Gasteiger partial charge >= 0.3 is 0 Å². The van der Waals surface area contributed by atoms with Crippen LogP contribution in [-0.2, 0) is 6.54 Å². The number of carbonyl (C=O) groups excluding carboxylic acids is 1. The van der Waals surface area contributed by atoms with Gasteiger partial charge in [0.1, 0.15) is 0 Å². The minimum atomic E-state index is -0.104. The van der Waals surface area contributed by atoms with E-state index in [9.17, 15) is 4.79 Å². The van der Waals surface area contributed by atoms with Crippen LogP contribution < -0.4 is 5.32 Å². The average Bonchev–Trinajstić information content (AvgIpc) is 2.93. The smallest absolute Gasteiger partial charge is 0.251 e. The summed E-state index contributed by atoms with van der Waals surface area (Å²) < 4.78 is 0. The highest BCUT2D eigenvalue weighted by Crippen LogP contribution is 2.16. The zero-order valence-electron chi connectivity index (χ0n) is 10.7. The van der Waals surface area contributed by atoms with Crippen molar-refractivity contribution >= 4 is 28.4 Å². The van der Waals surface area contributed by atoms with Gasteiger partial charge in [-0.1, -0.05) is 29.8 Å². The molecule has 0 saturated heterocycles. The van der Waals surface area contributed by atoms with Crippen LogP contribution in [0.2, 0.25) is 5.02 Å². The van der Waals surface area contributed by atoms with Crippen LogP contribution in [0.4, 0.5) is 0 Å². The van der Waals surface area contributed by atoms with E-state index in [1.54, 1.807) is 6.07 Å². The summed E-state index contributed by atoms with van der Waals surface area (Å²) in [5.41, 5.74) is 2.57. The summed E-state index contributed by atoms with van der Waals surface area (Å²) in [7, 11) is 0. The fourth-order valence-electron chi connectivity index (χ4n) is 2.11. The van der Waals surface area contributed by atoms with E-state index in [2.05, 4.69) is 10.3 Å². The summed E-state index contributed by atoms with van der Waals surface area (Å²) in [5, 5.41) is 4.56. The van der Waals surface area contributed by atoms with Crippen molar-refractivity contribution in [2.75, 3.05) is 0 Å². The molecule has 0 aliphatic carbocycles. The summed E-state index contributed by atoms with van der Waals surface area (Å²) >= 11 is 6.06. The van der Waals surface area contributed by atoms with Crippen molar-refractivity contribution in [3.63, 3.8) is 0 Å². The number of H-pyrrole nitrogens is 1. The highest BCUT2D eigenvalue weighted by atomic mass is 35.5. The summed E-state index contributed by atoms with van der Waals surface area (Å²) in [6.45, 7) is 0.420. The summed E-state index contributed by atoms with van der Waals surface area (Å²) in [6, 6.07) is 15.0. The number of benzene rings is 2. The van der Waals surface area contributed by atoms with Crippen LogP contribution in [0.1, 0.15) is 15.9 Å². The molecule has 3 aromatic rings. The van der Waals surface area contributed by atoms with Gasteiger partial charge in [0.25, 0.3) is 5.91 Å². The molecule has 0 radical (unpaired) electrons. The number of carbonyl (C=O) groups is 1. The van der Waals surface area contributed by atoms with Gasteiger partial charge < -0.3 is 10.3 Å². The van der Waals surface area contributed by atoms with Crippen molar-refractivity contribution in [1.29, 1.82) is 0 Å². The highest BCUT2D eigenvalue weighted by Gasteiger charge is 2.07. The Bertz CT molecular complexity index is 764. The Balaban J connectivity index is 1.74. The summed E-state index contributed by atoms with van der Waals surface area (Å²) in [6.07, 6.45) is 1.86. The quantitative estimate of drug-likeness (QED) is 0.756. The summed E-state index contributed by atoms with van der Waals surface area (Å²) in [4.78, 5) is 15.2. The largest absolute Gasteiger partial charge is 0.361 e. The number of rotatable bonds is 3. The van der Waals surface area contributed by atoms with E-state index in [0.717, 1.165) is 16.5 Å². The van der Waals surface area contributed by atoms with Gasteiger partial charge in [0.05, 0.1) is 0 Å². The fourth-order valence-corrected chi connectivity index (χ4v) is 2.32. The average molecular weight is 285 g/mol. The van der Waals surface area contributed by atoms with Crippen LogP contribution in [0.25, 0.3) is 10.9 Å². The minimum absolute atomic E-state index is 0.104. The molecule has 0 fully saturated rings. The van der Waals surface area contributed by atoms with Gasteiger partial charge in [-0.05, 0) is 35.9 Å². The van der Waals surface area contributed by atoms with E-state index in [1.165, 1.54) is 0 Å². The third kappa shape index (κ3) is 2.53. The molecule has 0 aliphatic rings. The van der Waals surface area contributed by atoms with Crippen LogP contribution >= 0.6 is 11.6 Å². The molecule has 3 rings (SSSR count). The number of fused-ring (bicyclic) bond motifs is 1. The summed E-state index contributed by atoms with van der Waals surface area (Å²) in [5.74, 6) is -0.104. The maximum atomic E-state index is 12.1. The molecule has 0 unspecified atom stereocenters. The molecule has 2 aromatic carbocycles. The zero-order valence-corrected chi connectivity index (χ0v) is 11.4. The van der Waals surface area contributed by atoms with Crippen molar-refractivity contribution in [1.82, 2.24) is 10.3 Å². The van der Waals surface area contributed by atoms with Crippen molar-refractivity contribution in [3.05, 3.63) is 70.9 Å². The Labute approximate surface area is 121 Å². The molecule has 1 heterocycles.